The number of hydrogen-bond donors (Lipinski definition) is 0. The van der Waals surface area contributed by atoms with Gasteiger partial charge in [-0.3, -0.25) is 9.59 Å². The maximum absolute atomic E-state index is 11.7. The van der Waals surface area contributed by atoms with E-state index in [1.54, 1.807) is 0 Å². The van der Waals surface area contributed by atoms with Gasteiger partial charge in [-0.25, -0.2) is 8.42 Å². The average Bonchev–Trinajstić information content (AvgIpc) is 2.39. The second kappa shape index (κ2) is 3.16. The summed E-state index contributed by atoms with van der Waals surface area (Å²) in [5, 5.41) is 0. The fourth-order valence-electron chi connectivity index (χ4n) is 2.10. The molecule has 0 aromatic heterocycles. The van der Waals surface area contributed by atoms with E-state index in [1.807, 2.05) is 12.2 Å². The van der Waals surface area contributed by atoms with E-state index in [-0.39, 0.29) is 0 Å². The second-order valence-corrected chi connectivity index (χ2v) is 5.69. The Balaban J connectivity index is 2.41. The number of nitrogens with zero attached hydrogens (tertiary/aromatic N) is 1. The molecule has 1 saturated heterocycles. The van der Waals surface area contributed by atoms with Crippen LogP contribution in [0.1, 0.15) is 12.8 Å². The Morgan fingerprint density at radius 2 is 1.53 bits per heavy atom. The van der Waals surface area contributed by atoms with Crippen LogP contribution in [0.2, 0.25) is 0 Å². The summed E-state index contributed by atoms with van der Waals surface area (Å²) in [6.45, 7) is 0. The summed E-state index contributed by atoms with van der Waals surface area (Å²) in [7, 11) is -3.75. The van der Waals surface area contributed by atoms with Crippen LogP contribution in [0.3, 0.4) is 0 Å². The number of rotatable bonds is 1. The molecule has 0 saturated carbocycles. The van der Waals surface area contributed by atoms with Crippen LogP contribution in [-0.4, -0.2) is 30.8 Å². The van der Waals surface area contributed by atoms with Crippen molar-refractivity contribution in [1.29, 1.82) is 0 Å². The molecule has 2 amide bonds. The summed E-state index contributed by atoms with van der Waals surface area (Å²) in [5.74, 6) is -2.09. The first-order valence-corrected chi connectivity index (χ1v) is 6.50. The summed E-state index contributed by atoms with van der Waals surface area (Å²) < 4.78 is 22.9. The summed E-state index contributed by atoms with van der Waals surface area (Å²) in [6, 6.07) is 0. The lowest BCUT2D eigenvalue weighted by molar-refractivity contribution is -0.133. The first kappa shape index (κ1) is 10.4. The van der Waals surface area contributed by atoms with Crippen LogP contribution in [-0.2, 0) is 19.6 Å². The van der Waals surface area contributed by atoms with Crippen molar-refractivity contribution in [3.8, 4) is 0 Å². The molecule has 0 spiro atoms. The maximum Gasteiger partial charge on any atom is 0.247 e. The van der Waals surface area contributed by atoms with Crippen molar-refractivity contribution in [2.75, 3.05) is 6.26 Å². The molecule has 0 radical (unpaired) electrons. The van der Waals surface area contributed by atoms with Gasteiger partial charge in [0.1, 0.15) is 0 Å². The quantitative estimate of drug-likeness (QED) is 0.465. The van der Waals surface area contributed by atoms with Gasteiger partial charge in [0.2, 0.25) is 21.8 Å². The van der Waals surface area contributed by atoms with Crippen molar-refractivity contribution in [3.63, 3.8) is 0 Å². The molecule has 1 heterocycles. The minimum atomic E-state index is -3.75. The lowest BCUT2D eigenvalue weighted by atomic mass is 9.85. The molecule has 2 atom stereocenters. The van der Waals surface area contributed by atoms with Crippen LogP contribution in [0.4, 0.5) is 0 Å². The molecule has 1 aliphatic heterocycles. The topological polar surface area (TPSA) is 71.5 Å². The summed E-state index contributed by atoms with van der Waals surface area (Å²) in [4.78, 5) is 23.4. The predicted octanol–water partition coefficient (Wildman–Crippen LogP) is -0.103. The SMILES string of the molecule is CS(=O)(=O)N1C(=O)[C@H]2CC=CC[C@H]2C1=O. The Morgan fingerprint density at radius 1 is 1.13 bits per heavy atom. The molecular formula is C9H11NO4S. The van der Waals surface area contributed by atoms with Crippen molar-refractivity contribution in [1.82, 2.24) is 4.31 Å². The van der Waals surface area contributed by atoms with Crippen molar-refractivity contribution in [2.45, 2.75) is 12.8 Å². The van der Waals surface area contributed by atoms with Gasteiger partial charge in [-0.2, -0.15) is 4.31 Å². The molecule has 5 nitrogen and oxygen atoms in total. The number of carbonyl (C=O) groups is 2. The standard InChI is InChI=1S/C9H11NO4S/c1-15(13,14)10-8(11)6-4-2-3-5-7(6)9(10)12/h2-3,6-7H,4-5H2,1H3/t6-,7+. The van der Waals surface area contributed by atoms with E-state index in [9.17, 15) is 18.0 Å². The number of hydrogen-bond acceptors (Lipinski definition) is 4. The predicted molar refractivity (Wildman–Crippen MR) is 52.1 cm³/mol. The van der Waals surface area contributed by atoms with Gasteiger partial charge in [0.15, 0.2) is 0 Å². The third-order valence-electron chi connectivity index (χ3n) is 2.80. The van der Waals surface area contributed by atoms with Gasteiger partial charge in [0.25, 0.3) is 0 Å². The van der Waals surface area contributed by atoms with Crippen molar-refractivity contribution in [3.05, 3.63) is 12.2 Å². The fourth-order valence-corrected chi connectivity index (χ4v) is 3.02. The summed E-state index contributed by atoms with van der Waals surface area (Å²) >= 11 is 0. The molecule has 0 aromatic carbocycles. The molecular weight excluding hydrogens is 218 g/mol. The summed E-state index contributed by atoms with van der Waals surface area (Å²) in [5.41, 5.74) is 0. The largest absolute Gasteiger partial charge is 0.273 e. The Hall–Kier alpha value is -1.17. The molecule has 1 fully saturated rings. The normalized spacial score (nSPS) is 30.9. The van der Waals surface area contributed by atoms with Gasteiger partial charge in [-0.05, 0) is 12.8 Å². The minimum Gasteiger partial charge on any atom is -0.273 e. The van der Waals surface area contributed by atoms with E-state index < -0.39 is 33.7 Å². The summed E-state index contributed by atoms with van der Waals surface area (Å²) in [6.07, 6.45) is 5.44. The van der Waals surface area contributed by atoms with E-state index in [1.165, 1.54) is 0 Å². The van der Waals surface area contributed by atoms with Crippen LogP contribution >= 0.6 is 0 Å². The zero-order valence-corrected chi connectivity index (χ0v) is 9.03. The molecule has 2 aliphatic rings. The number of carbonyl (C=O) groups excluding carboxylic acids is 2. The van der Waals surface area contributed by atoms with E-state index in [0.29, 0.717) is 17.1 Å². The molecule has 0 aromatic rings. The first-order valence-electron chi connectivity index (χ1n) is 4.66. The molecule has 0 unspecified atom stereocenters. The molecule has 6 heteroatoms. The second-order valence-electron chi connectivity index (χ2n) is 3.86. The highest BCUT2D eigenvalue weighted by Gasteiger charge is 2.50. The van der Waals surface area contributed by atoms with Gasteiger partial charge in [0, 0.05) is 0 Å². The number of imide groups is 1. The molecule has 0 N–H and O–H groups in total. The third kappa shape index (κ3) is 1.49. The molecule has 82 valence electrons. The fraction of sp³-hybridized carbons (Fsp3) is 0.556. The first-order chi connectivity index (χ1) is 6.93. The van der Waals surface area contributed by atoms with Crippen LogP contribution in [0.25, 0.3) is 0 Å². The monoisotopic (exact) mass is 229 g/mol. The van der Waals surface area contributed by atoms with Gasteiger partial charge in [-0.15, -0.1) is 0 Å². The molecule has 0 bridgehead atoms. The highest BCUT2D eigenvalue weighted by atomic mass is 32.2. The third-order valence-corrected chi connectivity index (χ3v) is 3.82. The zero-order valence-electron chi connectivity index (χ0n) is 8.21. The van der Waals surface area contributed by atoms with Gasteiger partial charge in [-0.1, -0.05) is 12.2 Å². The Bertz CT molecular complexity index is 425. The lowest BCUT2D eigenvalue weighted by Gasteiger charge is -2.14. The van der Waals surface area contributed by atoms with Crippen molar-refractivity contribution >= 4 is 21.8 Å². The van der Waals surface area contributed by atoms with Crippen LogP contribution in [0.15, 0.2) is 12.2 Å². The smallest absolute Gasteiger partial charge is 0.247 e. The van der Waals surface area contributed by atoms with E-state index in [0.717, 1.165) is 6.26 Å². The molecule has 2 rings (SSSR count). The van der Waals surface area contributed by atoms with Crippen molar-refractivity contribution in [2.24, 2.45) is 11.8 Å². The number of amides is 2. The Kier molecular flexibility index (Phi) is 2.18. The zero-order chi connectivity index (χ0) is 11.2. The average molecular weight is 229 g/mol. The Morgan fingerprint density at radius 3 is 1.87 bits per heavy atom. The van der Waals surface area contributed by atoms with Gasteiger partial charge >= 0.3 is 0 Å². The number of fused-ring (bicyclic) bond motifs is 1. The minimum absolute atomic E-state index is 0.426. The number of sulfonamides is 1. The van der Waals surface area contributed by atoms with E-state index in [4.69, 9.17) is 0 Å². The Labute approximate surface area is 87.8 Å². The highest BCUT2D eigenvalue weighted by molar-refractivity contribution is 7.89. The van der Waals surface area contributed by atoms with E-state index >= 15 is 0 Å². The van der Waals surface area contributed by atoms with Crippen LogP contribution in [0, 0.1) is 11.8 Å². The molecule has 15 heavy (non-hydrogen) atoms. The van der Waals surface area contributed by atoms with Gasteiger partial charge < -0.3 is 0 Å². The highest BCUT2D eigenvalue weighted by Crippen LogP contribution is 2.35. The van der Waals surface area contributed by atoms with Crippen LogP contribution in [0.5, 0.6) is 0 Å². The lowest BCUT2D eigenvalue weighted by Crippen LogP contribution is -2.36. The van der Waals surface area contributed by atoms with E-state index in [2.05, 4.69) is 0 Å². The van der Waals surface area contributed by atoms with Gasteiger partial charge in [0.05, 0.1) is 18.1 Å². The number of allylic oxidation sites excluding steroid dienone is 2. The molecule has 1 aliphatic carbocycles. The van der Waals surface area contributed by atoms with Crippen LogP contribution < -0.4 is 0 Å². The van der Waals surface area contributed by atoms with Crippen molar-refractivity contribution < 1.29 is 18.0 Å². The maximum atomic E-state index is 11.7.